The third kappa shape index (κ3) is 3.76. The van der Waals surface area contributed by atoms with Crippen LogP contribution in [0.5, 0.6) is 11.5 Å². The van der Waals surface area contributed by atoms with Crippen LogP contribution in [0.3, 0.4) is 0 Å². The average molecular weight is 371 g/mol. The second-order valence-electron chi connectivity index (χ2n) is 5.75. The minimum absolute atomic E-state index is 0.168. The quantitative estimate of drug-likeness (QED) is 0.794. The summed E-state index contributed by atoms with van der Waals surface area (Å²) >= 11 is 3.56. The van der Waals surface area contributed by atoms with Gasteiger partial charge in [0.05, 0.1) is 24.3 Å². The lowest BCUT2D eigenvalue weighted by atomic mass is 10.0. The number of likely N-dealkylation sites (N-methyl/N-ethyl adjacent to an activating group) is 1. The Morgan fingerprint density at radius 1 is 1.36 bits per heavy atom. The Hall–Kier alpha value is -0.780. The standard InChI is InChI=1S/C17H27BrN2O2/c1-5-20-10-6-7-13(20)11-19-12(2)16-15(21-3)9-8-14(18)17(16)22-4/h8-9,12-13,19H,5-7,10-11H2,1-4H3. The molecule has 0 spiro atoms. The van der Waals surface area contributed by atoms with Crippen LogP contribution in [0.15, 0.2) is 16.6 Å². The molecule has 1 N–H and O–H groups in total. The number of nitrogens with zero attached hydrogens (tertiary/aromatic N) is 1. The van der Waals surface area contributed by atoms with E-state index in [9.17, 15) is 0 Å². The fraction of sp³-hybridized carbons (Fsp3) is 0.647. The number of likely N-dealkylation sites (tertiary alicyclic amines) is 1. The molecular formula is C17H27BrN2O2. The molecule has 1 heterocycles. The van der Waals surface area contributed by atoms with E-state index in [1.807, 2.05) is 12.1 Å². The van der Waals surface area contributed by atoms with Crippen molar-refractivity contribution in [2.24, 2.45) is 0 Å². The summed E-state index contributed by atoms with van der Waals surface area (Å²) in [6.45, 7) is 7.75. The maximum absolute atomic E-state index is 5.58. The van der Waals surface area contributed by atoms with E-state index in [0.717, 1.165) is 34.6 Å². The van der Waals surface area contributed by atoms with Gasteiger partial charge in [0.25, 0.3) is 0 Å². The van der Waals surface area contributed by atoms with Gasteiger partial charge in [-0.05, 0) is 60.9 Å². The highest BCUT2D eigenvalue weighted by molar-refractivity contribution is 9.10. The highest BCUT2D eigenvalue weighted by Crippen LogP contribution is 2.39. The van der Waals surface area contributed by atoms with Crippen molar-refractivity contribution in [3.63, 3.8) is 0 Å². The van der Waals surface area contributed by atoms with Crippen LogP contribution in [0.1, 0.15) is 38.3 Å². The van der Waals surface area contributed by atoms with Crippen molar-refractivity contribution >= 4 is 15.9 Å². The zero-order valence-corrected chi connectivity index (χ0v) is 15.6. The molecular weight excluding hydrogens is 344 g/mol. The summed E-state index contributed by atoms with van der Waals surface area (Å²) in [5, 5.41) is 3.66. The second-order valence-corrected chi connectivity index (χ2v) is 6.61. The number of halogens is 1. The summed E-state index contributed by atoms with van der Waals surface area (Å²) in [5.41, 5.74) is 1.07. The molecule has 0 aliphatic carbocycles. The monoisotopic (exact) mass is 370 g/mol. The van der Waals surface area contributed by atoms with Gasteiger partial charge in [0, 0.05) is 18.6 Å². The van der Waals surface area contributed by atoms with E-state index in [1.54, 1.807) is 14.2 Å². The predicted molar refractivity (Wildman–Crippen MR) is 93.9 cm³/mol. The lowest BCUT2D eigenvalue weighted by molar-refractivity contribution is 0.254. The third-order valence-electron chi connectivity index (χ3n) is 4.53. The lowest BCUT2D eigenvalue weighted by Crippen LogP contribution is -2.38. The summed E-state index contributed by atoms with van der Waals surface area (Å²) in [7, 11) is 3.40. The number of benzene rings is 1. The van der Waals surface area contributed by atoms with Crippen LogP contribution in [-0.4, -0.2) is 44.8 Å². The maximum atomic E-state index is 5.58. The van der Waals surface area contributed by atoms with Crippen LogP contribution in [0.4, 0.5) is 0 Å². The number of hydrogen-bond acceptors (Lipinski definition) is 4. The topological polar surface area (TPSA) is 33.7 Å². The summed E-state index contributed by atoms with van der Waals surface area (Å²) in [6, 6.07) is 4.75. The molecule has 1 aromatic rings. The summed E-state index contributed by atoms with van der Waals surface area (Å²) in [6.07, 6.45) is 2.58. The zero-order chi connectivity index (χ0) is 16.1. The molecule has 2 unspecified atom stereocenters. The number of methoxy groups -OCH3 is 2. The van der Waals surface area contributed by atoms with Crippen LogP contribution in [0.25, 0.3) is 0 Å². The van der Waals surface area contributed by atoms with Gasteiger partial charge >= 0.3 is 0 Å². The van der Waals surface area contributed by atoms with Gasteiger partial charge in [0.1, 0.15) is 11.5 Å². The molecule has 1 saturated heterocycles. The van der Waals surface area contributed by atoms with Crippen molar-refractivity contribution in [3.05, 3.63) is 22.2 Å². The summed E-state index contributed by atoms with van der Waals surface area (Å²) in [4.78, 5) is 2.55. The molecule has 0 radical (unpaired) electrons. The summed E-state index contributed by atoms with van der Waals surface area (Å²) in [5.74, 6) is 1.71. The van der Waals surface area contributed by atoms with Crippen molar-refractivity contribution in [1.82, 2.24) is 10.2 Å². The Labute approximate surface area is 142 Å². The molecule has 0 aromatic heterocycles. The predicted octanol–water partition coefficient (Wildman–Crippen LogP) is 3.60. The van der Waals surface area contributed by atoms with Crippen molar-refractivity contribution < 1.29 is 9.47 Å². The van der Waals surface area contributed by atoms with Gasteiger partial charge in [-0.15, -0.1) is 0 Å². The van der Waals surface area contributed by atoms with Crippen molar-refractivity contribution in [2.75, 3.05) is 33.9 Å². The molecule has 1 fully saturated rings. The second kappa shape index (κ2) is 8.18. The Bertz CT molecular complexity index is 496. The average Bonchev–Trinajstić information content (AvgIpc) is 2.99. The molecule has 4 nitrogen and oxygen atoms in total. The smallest absolute Gasteiger partial charge is 0.141 e. The van der Waals surface area contributed by atoms with Gasteiger partial charge in [0.15, 0.2) is 0 Å². The fourth-order valence-electron chi connectivity index (χ4n) is 3.31. The number of rotatable bonds is 7. The van der Waals surface area contributed by atoms with Crippen molar-refractivity contribution in [2.45, 2.75) is 38.8 Å². The Balaban J connectivity index is 2.11. The van der Waals surface area contributed by atoms with E-state index in [1.165, 1.54) is 19.4 Å². The molecule has 1 aliphatic rings. The van der Waals surface area contributed by atoms with Crippen molar-refractivity contribution in [1.29, 1.82) is 0 Å². The highest BCUT2D eigenvalue weighted by Gasteiger charge is 2.25. The van der Waals surface area contributed by atoms with Crippen LogP contribution < -0.4 is 14.8 Å². The van der Waals surface area contributed by atoms with Gasteiger partial charge < -0.3 is 14.8 Å². The van der Waals surface area contributed by atoms with Gasteiger partial charge in [0.2, 0.25) is 0 Å². The Kier molecular flexibility index (Phi) is 6.53. The zero-order valence-electron chi connectivity index (χ0n) is 14.0. The largest absolute Gasteiger partial charge is 0.496 e. The molecule has 124 valence electrons. The molecule has 5 heteroatoms. The van der Waals surface area contributed by atoms with Crippen LogP contribution in [0, 0.1) is 0 Å². The van der Waals surface area contributed by atoms with Gasteiger partial charge in [-0.25, -0.2) is 0 Å². The van der Waals surface area contributed by atoms with E-state index in [0.29, 0.717) is 6.04 Å². The fourth-order valence-corrected chi connectivity index (χ4v) is 3.82. The van der Waals surface area contributed by atoms with E-state index in [2.05, 4.69) is 40.0 Å². The molecule has 22 heavy (non-hydrogen) atoms. The van der Waals surface area contributed by atoms with Crippen molar-refractivity contribution in [3.8, 4) is 11.5 Å². The molecule has 0 saturated carbocycles. The van der Waals surface area contributed by atoms with Gasteiger partial charge in [-0.1, -0.05) is 6.92 Å². The number of ether oxygens (including phenoxy) is 2. The first-order valence-corrected chi connectivity index (χ1v) is 8.79. The van der Waals surface area contributed by atoms with Crippen LogP contribution in [-0.2, 0) is 0 Å². The Morgan fingerprint density at radius 3 is 2.77 bits per heavy atom. The minimum Gasteiger partial charge on any atom is -0.496 e. The van der Waals surface area contributed by atoms with E-state index in [-0.39, 0.29) is 6.04 Å². The van der Waals surface area contributed by atoms with Crippen LogP contribution in [0.2, 0.25) is 0 Å². The molecule has 1 aliphatic heterocycles. The SMILES string of the molecule is CCN1CCCC1CNC(C)c1c(OC)ccc(Br)c1OC. The Morgan fingerprint density at radius 2 is 2.14 bits per heavy atom. The number of nitrogens with one attached hydrogen (secondary N) is 1. The van der Waals surface area contributed by atoms with E-state index in [4.69, 9.17) is 9.47 Å². The number of hydrogen-bond donors (Lipinski definition) is 1. The molecule has 2 atom stereocenters. The lowest BCUT2D eigenvalue weighted by Gasteiger charge is -2.26. The first-order valence-electron chi connectivity index (χ1n) is 8.00. The molecule has 2 rings (SSSR count). The van der Waals surface area contributed by atoms with Gasteiger partial charge in [-0.2, -0.15) is 0 Å². The molecule has 1 aromatic carbocycles. The van der Waals surface area contributed by atoms with E-state index >= 15 is 0 Å². The van der Waals surface area contributed by atoms with Crippen LogP contribution >= 0.6 is 15.9 Å². The molecule has 0 amide bonds. The first kappa shape index (κ1) is 17.6. The highest BCUT2D eigenvalue weighted by atomic mass is 79.9. The third-order valence-corrected chi connectivity index (χ3v) is 5.15. The van der Waals surface area contributed by atoms with Gasteiger partial charge in [-0.3, -0.25) is 4.90 Å². The maximum Gasteiger partial charge on any atom is 0.141 e. The van der Waals surface area contributed by atoms with E-state index < -0.39 is 0 Å². The summed E-state index contributed by atoms with van der Waals surface area (Å²) < 4.78 is 12.1. The minimum atomic E-state index is 0.168. The normalized spacial score (nSPS) is 20.1. The first-order chi connectivity index (χ1) is 10.6. The molecule has 0 bridgehead atoms.